The summed E-state index contributed by atoms with van der Waals surface area (Å²) in [5.74, 6) is 0.635. The van der Waals surface area contributed by atoms with Crippen LogP contribution < -0.4 is 10.1 Å². The van der Waals surface area contributed by atoms with Crippen molar-refractivity contribution in [3.63, 3.8) is 0 Å². The lowest BCUT2D eigenvalue weighted by atomic mass is 10.0. The van der Waals surface area contributed by atoms with Crippen LogP contribution >= 0.6 is 11.3 Å². The topological polar surface area (TPSA) is 71.5 Å². The summed E-state index contributed by atoms with van der Waals surface area (Å²) < 4.78 is 5.94. The van der Waals surface area contributed by atoms with Crippen molar-refractivity contribution in [2.45, 2.75) is 39.3 Å². The third kappa shape index (κ3) is 6.11. The average Bonchev–Trinajstić information content (AvgIpc) is 3.27. The number of para-hydroxylation sites is 1. The second-order valence-electron chi connectivity index (χ2n) is 8.41. The highest BCUT2D eigenvalue weighted by Gasteiger charge is 2.23. The van der Waals surface area contributed by atoms with Gasteiger partial charge >= 0.3 is 0 Å². The first kappa shape index (κ1) is 23.7. The van der Waals surface area contributed by atoms with Gasteiger partial charge in [-0.3, -0.25) is 9.59 Å². The molecule has 0 spiro atoms. The van der Waals surface area contributed by atoms with Gasteiger partial charge in [0.2, 0.25) is 5.91 Å². The lowest BCUT2D eigenvalue weighted by molar-refractivity contribution is -0.126. The van der Waals surface area contributed by atoms with Crippen molar-refractivity contribution < 1.29 is 14.3 Å². The fraction of sp³-hybridized carbons (Fsp3) is 0.296. The number of carbonyl (C=O) groups excluding carboxylic acids is 2. The Kier molecular flexibility index (Phi) is 7.75. The van der Waals surface area contributed by atoms with Crippen LogP contribution in [-0.4, -0.2) is 40.8 Å². The molecule has 176 valence electrons. The predicted octanol–water partition coefficient (Wildman–Crippen LogP) is 4.77. The first-order valence-corrected chi connectivity index (χ1v) is 12.3. The van der Waals surface area contributed by atoms with Gasteiger partial charge in [0.25, 0.3) is 5.91 Å². The van der Waals surface area contributed by atoms with Crippen molar-refractivity contribution in [1.29, 1.82) is 0 Å². The smallest absolute Gasteiger partial charge is 0.251 e. The Morgan fingerprint density at radius 3 is 2.59 bits per heavy atom. The molecule has 2 amide bonds. The van der Waals surface area contributed by atoms with Crippen LogP contribution in [0.1, 0.15) is 45.0 Å². The molecule has 1 saturated heterocycles. The molecule has 34 heavy (non-hydrogen) atoms. The summed E-state index contributed by atoms with van der Waals surface area (Å²) in [5, 5.41) is 6.11. The largest absolute Gasteiger partial charge is 0.487 e. The SMILES string of the molecule is Cc1nc(COc2ccccc2/C=C/C(=O)N2CCC(NC(=O)c3ccccc3C)CC2)cs1. The summed E-state index contributed by atoms with van der Waals surface area (Å²) in [6.07, 6.45) is 4.88. The zero-order chi connectivity index (χ0) is 23.9. The molecule has 0 unspecified atom stereocenters. The van der Waals surface area contributed by atoms with Crippen LogP contribution in [0.2, 0.25) is 0 Å². The molecule has 2 heterocycles. The Morgan fingerprint density at radius 1 is 1.12 bits per heavy atom. The molecule has 3 aromatic rings. The number of hydrogen-bond acceptors (Lipinski definition) is 5. The van der Waals surface area contributed by atoms with Gasteiger partial charge in [-0.05, 0) is 50.5 Å². The van der Waals surface area contributed by atoms with E-state index in [-0.39, 0.29) is 17.9 Å². The molecule has 4 rings (SSSR count). The van der Waals surface area contributed by atoms with E-state index in [1.165, 1.54) is 0 Å². The average molecular weight is 476 g/mol. The van der Waals surface area contributed by atoms with E-state index in [0.29, 0.717) is 25.3 Å². The molecular formula is C27H29N3O3S. The zero-order valence-electron chi connectivity index (χ0n) is 19.5. The quantitative estimate of drug-likeness (QED) is 0.500. The highest BCUT2D eigenvalue weighted by atomic mass is 32.1. The molecule has 1 N–H and O–H groups in total. The number of amides is 2. The first-order valence-electron chi connectivity index (χ1n) is 11.5. The summed E-state index contributed by atoms with van der Waals surface area (Å²) in [7, 11) is 0. The number of nitrogens with one attached hydrogen (secondary N) is 1. The fourth-order valence-corrected chi connectivity index (χ4v) is 4.57. The Balaban J connectivity index is 1.29. The van der Waals surface area contributed by atoms with E-state index in [0.717, 1.165) is 40.4 Å². The van der Waals surface area contributed by atoms with Crippen LogP contribution in [0.5, 0.6) is 5.75 Å². The molecule has 2 aromatic carbocycles. The Hall–Kier alpha value is -3.45. The lowest BCUT2D eigenvalue weighted by Gasteiger charge is -2.32. The van der Waals surface area contributed by atoms with Crippen molar-refractivity contribution in [1.82, 2.24) is 15.2 Å². The van der Waals surface area contributed by atoms with Crippen molar-refractivity contribution >= 4 is 29.2 Å². The van der Waals surface area contributed by atoms with Gasteiger partial charge < -0.3 is 15.0 Å². The Bertz CT molecular complexity index is 1180. The molecule has 1 fully saturated rings. The van der Waals surface area contributed by atoms with Crippen molar-refractivity contribution in [3.05, 3.63) is 87.4 Å². The van der Waals surface area contributed by atoms with E-state index in [2.05, 4.69) is 10.3 Å². The van der Waals surface area contributed by atoms with Crippen molar-refractivity contribution in [2.24, 2.45) is 0 Å². The van der Waals surface area contributed by atoms with Crippen LogP contribution in [-0.2, 0) is 11.4 Å². The molecule has 0 radical (unpaired) electrons. The van der Waals surface area contributed by atoms with Crippen molar-refractivity contribution in [3.8, 4) is 5.75 Å². The first-order chi connectivity index (χ1) is 16.5. The summed E-state index contributed by atoms with van der Waals surface area (Å²) in [5.41, 5.74) is 3.41. The van der Waals surface area contributed by atoms with Gasteiger partial charge in [-0.25, -0.2) is 4.98 Å². The monoisotopic (exact) mass is 475 g/mol. The summed E-state index contributed by atoms with van der Waals surface area (Å²) in [4.78, 5) is 31.6. The van der Waals surface area contributed by atoms with Crippen molar-refractivity contribution in [2.75, 3.05) is 13.1 Å². The van der Waals surface area contributed by atoms with Crippen LogP contribution in [0, 0.1) is 13.8 Å². The van der Waals surface area contributed by atoms with Gasteiger partial charge in [-0.15, -0.1) is 11.3 Å². The van der Waals surface area contributed by atoms with Gasteiger partial charge in [-0.2, -0.15) is 0 Å². The predicted molar refractivity (Wildman–Crippen MR) is 135 cm³/mol. The van der Waals surface area contributed by atoms with E-state index in [1.54, 1.807) is 23.5 Å². The summed E-state index contributed by atoms with van der Waals surface area (Å²) in [6, 6.07) is 15.3. The van der Waals surface area contributed by atoms with E-state index in [1.807, 2.05) is 72.7 Å². The van der Waals surface area contributed by atoms with Gasteiger partial charge in [0.15, 0.2) is 0 Å². The normalized spacial score (nSPS) is 14.4. The molecule has 0 atom stereocenters. The van der Waals surface area contributed by atoms with Gasteiger partial charge in [0.05, 0.1) is 10.7 Å². The van der Waals surface area contributed by atoms with Crippen LogP contribution in [0.15, 0.2) is 60.0 Å². The molecule has 1 aromatic heterocycles. The molecule has 0 bridgehead atoms. The summed E-state index contributed by atoms with van der Waals surface area (Å²) in [6.45, 7) is 5.53. The number of nitrogens with zero attached hydrogens (tertiary/aromatic N) is 2. The number of piperidine rings is 1. The van der Waals surface area contributed by atoms with E-state index in [9.17, 15) is 9.59 Å². The highest BCUT2D eigenvalue weighted by molar-refractivity contribution is 7.09. The third-order valence-corrected chi connectivity index (χ3v) is 6.72. The van der Waals surface area contributed by atoms with Crippen LogP contribution in [0.4, 0.5) is 0 Å². The van der Waals surface area contributed by atoms with E-state index in [4.69, 9.17) is 4.74 Å². The van der Waals surface area contributed by atoms with Gasteiger partial charge in [-0.1, -0.05) is 36.4 Å². The molecule has 0 aliphatic carbocycles. The molecule has 1 aliphatic rings. The van der Waals surface area contributed by atoms with E-state index < -0.39 is 0 Å². The third-order valence-electron chi connectivity index (χ3n) is 5.90. The number of aryl methyl sites for hydroxylation is 2. The number of carbonyl (C=O) groups is 2. The summed E-state index contributed by atoms with van der Waals surface area (Å²) >= 11 is 1.60. The van der Waals surface area contributed by atoms with Crippen LogP contribution in [0.25, 0.3) is 6.08 Å². The number of likely N-dealkylation sites (tertiary alicyclic amines) is 1. The molecule has 0 saturated carbocycles. The molecule has 1 aliphatic heterocycles. The number of rotatable bonds is 7. The second kappa shape index (κ2) is 11.1. The molecule has 7 heteroatoms. The standard InChI is InChI=1S/C27H29N3O3S/c1-19-7-3-5-9-24(19)27(32)29-22-13-15-30(16-14-22)26(31)12-11-21-8-4-6-10-25(21)33-17-23-18-34-20(2)28-23/h3-12,18,22H,13-17H2,1-2H3,(H,29,32)/b12-11+. The number of benzene rings is 2. The number of aromatic nitrogens is 1. The number of ether oxygens (including phenoxy) is 1. The lowest BCUT2D eigenvalue weighted by Crippen LogP contribution is -2.46. The zero-order valence-corrected chi connectivity index (χ0v) is 20.3. The van der Waals surface area contributed by atoms with Crippen LogP contribution in [0.3, 0.4) is 0 Å². The van der Waals surface area contributed by atoms with Gasteiger partial charge in [0.1, 0.15) is 12.4 Å². The maximum atomic E-state index is 12.8. The minimum atomic E-state index is -0.0489. The minimum Gasteiger partial charge on any atom is -0.487 e. The fourth-order valence-electron chi connectivity index (χ4n) is 3.98. The maximum absolute atomic E-state index is 12.8. The minimum absolute atomic E-state index is 0.0337. The van der Waals surface area contributed by atoms with E-state index >= 15 is 0 Å². The van der Waals surface area contributed by atoms with Gasteiger partial charge in [0, 0.05) is 41.7 Å². The Labute approximate surface area is 204 Å². The molecule has 6 nitrogen and oxygen atoms in total. The highest BCUT2D eigenvalue weighted by Crippen LogP contribution is 2.22. The second-order valence-corrected chi connectivity index (χ2v) is 9.47. The maximum Gasteiger partial charge on any atom is 0.251 e. The number of thiazole rings is 1. The molecular weight excluding hydrogens is 446 g/mol. The Morgan fingerprint density at radius 2 is 1.85 bits per heavy atom. The number of hydrogen-bond donors (Lipinski definition) is 1.